The van der Waals surface area contributed by atoms with Crippen LogP contribution in [0.15, 0.2) is 40.1 Å². The number of hydrogen-bond acceptors (Lipinski definition) is 7. The van der Waals surface area contributed by atoms with E-state index in [9.17, 15) is 24.0 Å². The van der Waals surface area contributed by atoms with E-state index in [1.54, 1.807) is 31.2 Å². The second kappa shape index (κ2) is 7.38. The van der Waals surface area contributed by atoms with Crippen molar-refractivity contribution in [2.24, 2.45) is 0 Å². The Hall–Kier alpha value is -3.53. The minimum atomic E-state index is -0.858. The summed E-state index contributed by atoms with van der Waals surface area (Å²) in [6.07, 6.45) is -0.231. The van der Waals surface area contributed by atoms with Crippen molar-refractivity contribution in [2.75, 3.05) is 6.61 Å². The van der Waals surface area contributed by atoms with Gasteiger partial charge in [-0.25, -0.2) is 4.79 Å². The van der Waals surface area contributed by atoms with Crippen molar-refractivity contribution in [3.8, 4) is 0 Å². The first-order valence-electron chi connectivity index (χ1n) is 9.35. The Kier molecular flexibility index (Phi) is 4.86. The summed E-state index contributed by atoms with van der Waals surface area (Å²) in [5.74, 6) is -1.48. The number of benzene rings is 1. The molecule has 0 spiro atoms. The standard InChI is InChI=1S/C20H19N3O7/c1-10-8-22(20(28)21-17(10)25)16-7-14(15(30-16)9-29-11(2)24)23-18(26)12-5-3-4-6-13(12)19(23)27/h3-6,8,14-16H,7,9H2,1-2H3,(H,21,25,28)/t14-,15+,16-/m1/s1. The third-order valence-corrected chi connectivity index (χ3v) is 5.27. The average Bonchev–Trinajstić information content (AvgIpc) is 3.22. The number of carbonyl (C=O) groups excluding carboxylic acids is 3. The van der Waals surface area contributed by atoms with Gasteiger partial charge in [0, 0.05) is 25.1 Å². The van der Waals surface area contributed by atoms with Crippen molar-refractivity contribution in [3.05, 3.63) is 68.0 Å². The van der Waals surface area contributed by atoms with Crippen LogP contribution < -0.4 is 11.2 Å². The Balaban J connectivity index is 1.69. The molecule has 0 aliphatic carbocycles. The quantitative estimate of drug-likeness (QED) is 0.566. The number of fused-ring (bicyclic) bond motifs is 1. The number of rotatable bonds is 4. The Labute approximate surface area is 170 Å². The Bertz CT molecular complexity index is 1130. The highest BCUT2D eigenvalue weighted by molar-refractivity contribution is 6.21. The molecule has 1 N–H and O–H groups in total. The van der Waals surface area contributed by atoms with Crippen molar-refractivity contribution >= 4 is 17.8 Å². The fourth-order valence-corrected chi connectivity index (χ4v) is 3.82. The number of carbonyl (C=O) groups is 3. The second-order valence-corrected chi connectivity index (χ2v) is 7.24. The van der Waals surface area contributed by atoms with Crippen LogP contribution in [0.2, 0.25) is 0 Å². The lowest BCUT2D eigenvalue weighted by Crippen LogP contribution is -2.46. The second-order valence-electron chi connectivity index (χ2n) is 7.24. The van der Waals surface area contributed by atoms with Crippen LogP contribution in [0, 0.1) is 6.92 Å². The number of H-pyrrole nitrogens is 1. The lowest BCUT2D eigenvalue weighted by atomic mass is 10.1. The van der Waals surface area contributed by atoms with Crippen molar-refractivity contribution < 1.29 is 23.9 Å². The molecule has 1 fully saturated rings. The lowest BCUT2D eigenvalue weighted by molar-refractivity contribution is -0.146. The zero-order chi connectivity index (χ0) is 21.6. The highest BCUT2D eigenvalue weighted by Crippen LogP contribution is 2.36. The van der Waals surface area contributed by atoms with E-state index < -0.39 is 47.4 Å². The maximum atomic E-state index is 12.9. The Morgan fingerprint density at radius 1 is 1.17 bits per heavy atom. The molecule has 3 heterocycles. The summed E-state index contributed by atoms with van der Waals surface area (Å²) in [7, 11) is 0. The topological polar surface area (TPSA) is 128 Å². The number of aromatic nitrogens is 2. The molecule has 3 atom stereocenters. The van der Waals surface area contributed by atoms with E-state index in [4.69, 9.17) is 9.47 Å². The van der Waals surface area contributed by atoms with Crippen LogP contribution in [0.5, 0.6) is 0 Å². The van der Waals surface area contributed by atoms with E-state index in [1.165, 1.54) is 17.7 Å². The van der Waals surface area contributed by atoms with E-state index in [0.29, 0.717) is 5.56 Å². The largest absolute Gasteiger partial charge is 0.463 e. The summed E-state index contributed by atoms with van der Waals surface area (Å²) in [4.78, 5) is 64.4. The van der Waals surface area contributed by atoms with Crippen molar-refractivity contribution in [3.63, 3.8) is 0 Å². The number of amides is 2. The van der Waals surface area contributed by atoms with E-state index in [1.807, 2.05) is 0 Å². The summed E-state index contributed by atoms with van der Waals surface area (Å²) < 4.78 is 12.2. The predicted molar refractivity (Wildman–Crippen MR) is 102 cm³/mol. The zero-order valence-corrected chi connectivity index (χ0v) is 16.3. The maximum absolute atomic E-state index is 12.9. The first-order valence-corrected chi connectivity index (χ1v) is 9.35. The number of aryl methyl sites for hydroxylation is 1. The molecule has 30 heavy (non-hydrogen) atoms. The summed E-state index contributed by atoms with van der Waals surface area (Å²) in [6.45, 7) is 2.59. The number of nitrogens with zero attached hydrogens (tertiary/aromatic N) is 2. The monoisotopic (exact) mass is 413 g/mol. The van der Waals surface area contributed by atoms with Crippen LogP contribution in [0.1, 0.15) is 45.9 Å². The van der Waals surface area contributed by atoms with Crippen LogP contribution in [0.25, 0.3) is 0 Å². The minimum Gasteiger partial charge on any atom is -0.463 e. The number of esters is 1. The van der Waals surface area contributed by atoms with Gasteiger partial charge in [-0.3, -0.25) is 33.6 Å². The van der Waals surface area contributed by atoms with Gasteiger partial charge in [0.25, 0.3) is 17.4 Å². The average molecular weight is 413 g/mol. The van der Waals surface area contributed by atoms with Gasteiger partial charge in [0.2, 0.25) is 0 Å². The molecule has 0 saturated carbocycles. The third-order valence-electron chi connectivity index (χ3n) is 5.27. The maximum Gasteiger partial charge on any atom is 0.330 e. The molecule has 4 rings (SSSR count). The van der Waals surface area contributed by atoms with Gasteiger partial charge in [0.15, 0.2) is 0 Å². The molecular weight excluding hydrogens is 394 g/mol. The number of ether oxygens (including phenoxy) is 2. The van der Waals surface area contributed by atoms with E-state index in [2.05, 4.69) is 4.98 Å². The lowest BCUT2D eigenvalue weighted by Gasteiger charge is -2.25. The molecule has 2 aliphatic rings. The van der Waals surface area contributed by atoms with Crippen LogP contribution in [0.4, 0.5) is 0 Å². The predicted octanol–water partition coefficient (Wildman–Crippen LogP) is 0.360. The minimum absolute atomic E-state index is 0.1000. The van der Waals surface area contributed by atoms with Gasteiger partial charge < -0.3 is 9.47 Å². The Morgan fingerprint density at radius 2 is 1.80 bits per heavy atom. The van der Waals surface area contributed by atoms with Gasteiger partial charge in [-0.2, -0.15) is 0 Å². The Morgan fingerprint density at radius 3 is 2.40 bits per heavy atom. The summed E-state index contributed by atoms with van der Waals surface area (Å²) in [5.41, 5.74) is -0.310. The number of hydrogen-bond donors (Lipinski definition) is 1. The normalized spacial score (nSPS) is 23.0. The molecule has 1 aromatic carbocycles. The third kappa shape index (κ3) is 3.24. The molecule has 1 aromatic heterocycles. The van der Waals surface area contributed by atoms with E-state index in [0.717, 1.165) is 4.90 Å². The van der Waals surface area contributed by atoms with Gasteiger partial charge in [0.1, 0.15) is 18.9 Å². The summed E-state index contributed by atoms with van der Waals surface area (Å²) >= 11 is 0. The van der Waals surface area contributed by atoms with E-state index >= 15 is 0 Å². The highest BCUT2D eigenvalue weighted by atomic mass is 16.6. The van der Waals surface area contributed by atoms with Gasteiger partial charge >= 0.3 is 11.7 Å². The van der Waals surface area contributed by atoms with E-state index in [-0.39, 0.29) is 24.2 Å². The molecule has 0 bridgehead atoms. The van der Waals surface area contributed by atoms with Crippen molar-refractivity contribution in [1.29, 1.82) is 0 Å². The van der Waals surface area contributed by atoms with Crippen LogP contribution in [-0.4, -0.2) is 51.0 Å². The molecule has 1 saturated heterocycles. The van der Waals surface area contributed by atoms with Crippen molar-refractivity contribution in [2.45, 2.75) is 38.6 Å². The molecule has 2 amide bonds. The van der Waals surface area contributed by atoms with Crippen LogP contribution in [-0.2, 0) is 14.3 Å². The van der Waals surface area contributed by atoms with Gasteiger partial charge in [-0.1, -0.05) is 12.1 Å². The SMILES string of the molecule is CC(=O)OC[C@@H]1O[C@@H](n2cc(C)c(=O)[nH]c2=O)C[C@H]1N1C(=O)c2ccccc2C1=O. The molecule has 2 aliphatic heterocycles. The van der Waals surface area contributed by atoms with Crippen molar-refractivity contribution in [1.82, 2.24) is 14.5 Å². The van der Waals surface area contributed by atoms with Gasteiger partial charge in [-0.15, -0.1) is 0 Å². The first-order chi connectivity index (χ1) is 14.3. The summed E-state index contributed by atoms with van der Waals surface area (Å²) in [6, 6.07) is 5.71. The molecule has 10 heteroatoms. The molecule has 2 aromatic rings. The smallest absolute Gasteiger partial charge is 0.330 e. The first kappa shape index (κ1) is 19.8. The summed E-state index contributed by atoms with van der Waals surface area (Å²) in [5, 5.41) is 0. The molecular formula is C20H19N3O7. The zero-order valence-electron chi connectivity index (χ0n) is 16.3. The molecule has 0 radical (unpaired) electrons. The number of imide groups is 1. The van der Waals surface area contributed by atoms with Crippen LogP contribution >= 0.6 is 0 Å². The van der Waals surface area contributed by atoms with Crippen LogP contribution in [0.3, 0.4) is 0 Å². The fourth-order valence-electron chi connectivity index (χ4n) is 3.82. The number of aromatic amines is 1. The van der Waals surface area contributed by atoms with Gasteiger partial charge in [-0.05, 0) is 19.1 Å². The molecule has 0 unspecified atom stereocenters. The molecule has 10 nitrogen and oxygen atoms in total. The van der Waals surface area contributed by atoms with Gasteiger partial charge in [0.05, 0.1) is 17.2 Å². The highest BCUT2D eigenvalue weighted by Gasteiger charge is 2.48. The fraction of sp³-hybridized carbons (Fsp3) is 0.350. The molecule has 156 valence electrons. The number of nitrogens with one attached hydrogen (secondary N) is 1.